The molecule has 0 radical (unpaired) electrons. The van der Waals surface area contributed by atoms with Crippen molar-refractivity contribution in [2.24, 2.45) is 10.8 Å². The second-order valence-electron chi connectivity index (χ2n) is 7.71. The van der Waals surface area contributed by atoms with Gasteiger partial charge in [0, 0.05) is 18.0 Å². The molecular weight excluding hydrogens is 236 g/mol. The second kappa shape index (κ2) is 4.76. The Morgan fingerprint density at radius 2 is 1.58 bits per heavy atom. The van der Waals surface area contributed by atoms with E-state index in [-0.39, 0.29) is 22.3 Å². The molecule has 2 aliphatic rings. The Labute approximate surface area is 117 Å². The van der Waals surface area contributed by atoms with Crippen LogP contribution in [-0.2, 0) is 4.79 Å². The molecule has 0 aliphatic heterocycles. The van der Waals surface area contributed by atoms with Gasteiger partial charge in [-0.3, -0.25) is 4.79 Å². The summed E-state index contributed by atoms with van der Waals surface area (Å²) in [6.45, 7) is 8.97. The topological polar surface area (TPSA) is 41.1 Å². The molecule has 2 N–H and O–H groups in total. The number of carbonyl (C=O) groups excluding carboxylic acids is 1. The van der Waals surface area contributed by atoms with Gasteiger partial charge in [0.1, 0.15) is 0 Å². The Balaban J connectivity index is 1.91. The van der Waals surface area contributed by atoms with E-state index >= 15 is 0 Å². The summed E-state index contributed by atoms with van der Waals surface area (Å²) < 4.78 is 0. The Morgan fingerprint density at radius 3 is 2.00 bits per heavy atom. The molecule has 110 valence electrons. The summed E-state index contributed by atoms with van der Waals surface area (Å²) in [5.74, 6) is 0.222. The van der Waals surface area contributed by atoms with Gasteiger partial charge in [0.05, 0.1) is 0 Å². The van der Waals surface area contributed by atoms with Crippen LogP contribution < -0.4 is 10.6 Å². The first kappa shape index (κ1) is 14.8. The van der Waals surface area contributed by atoms with Crippen LogP contribution >= 0.6 is 0 Å². The summed E-state index contributed by atoms with van der Waals surface area (Å²) >= 11 is 0. The van der Waals surface area contributed by atoms with Gasteiger partial charge in [-0.25, -0.2) is 0 Å². The Kier molecular flexibility index (Phi) is 3.72. The number of hydrogen-bond acceptors (Lipinski definition) is 2. The third-order valence-electron chi connectivity index (χ3n) is 6.17. The number of amides is 1. The van der Waals surface area contributed by atoms with Gasteiger partial charge in [-0.1, -0.05) is 47.0 Å². The van der Waals surface area contributed by atoms with Crippen molar-refractivity contribution in [3.05, 3.63) is 0 Å². The van der Waals surface area contributed by atoms with E-state index in [0.29, 0.717) is 12.5 Å². The fourth-order valence-electron chi connectivity index (χ4n) is 3.82. The maximum Gasteiger partial charge on any atom is 0.222 e. The zero-order valence-electron chi connectivity index (χ0n) is 13.2. The lowest BCUT2D eigenvalue weighted by molar-refractivity contribution is -0.123. The van der Waals surface area contributed by atoms with E-state index in [1.54, 1.807) is 0 Å². The molecule has 0 atom stereocenters. The molecule has 0 heterocycles. The van der Waals surface area contributed by atoms with E-state index in [0.717, 1.165) is 12.8 Å². The highest BCUT2D eigenvalue weighted by Crippen LogP contribution is 2.62. The van der Waals surface area contributed by atoms with Crippen LogP contribution in [0.2, 0.25) is 0 Å². The number of carbonyl (C=O) groups is 1. The third kappa shape index (κ3) is 2.54. The van der Waals surface area contributed by atoms with Gasteiger partial charge in [-0.2, -0.15) is 0 Å². The standard InChI is InChI=1S/C16H30N2O/c1-14(2)13(15(14,3)4)18-12(19)11-16(17-5)9-7-6-8-10-16/h13,17H,6-11H2,1-5H3,(H,18,19). The molecule has 2 rings (SSSR count). The molecule has 1 amide bonds. The molecule has 0 spiro atoms. The van der Waals surface area contributed by atoms with Crippen molar-refractivity contribution < 1.29 is 4.79 Å². The lowest BCUT2D eigenvalue weighted by Crippen LogP contribution is -2.48. The van der Waals surface area contributed by atoms with Gasteiger partial charge in [-0.15, -0.1) is 0 Å². The van der Waals surface area contributed by atoms with E-state index < -0.39 is 0 Å². The maximum atomic E-state index is 12.4. The lowest BCUT2D eigenvalue weighted by Gasteiger charge is -2.36. The van der Waals surface area contributed by atoms with E-state index in [9.17, 15) is 4.79 Å². The largest absolute Gasteiger partial charge is 0.352 e. The predicted octanol–water partition coefficient (Wildman–Crippen LogP) is 2.85. The molecule has 2 fully saturated rings. The fourth-order valence-corrected chi connectivity index (χ4v) is 3.82. The predicted molar refractivity (Wildman–Crippen MR) is 79.0 cm³/mol. The fraction of sp³-hybridized carbons (Fsp3) is 0.938. The first-order chi connectivity index (χ1) is 8.75. The summed E-state index contributed by atoms with van der Waals surface area (Å²) in [5.41, 5.74) is 0.496. The zero-order chi connectivity index (χ0) is 14.3. The zero-order valence-corrected chi connectivity index (χ0v) is 13.2. The molecule has 2 aliphatic carbocycles. The Bertz CT molecular complexity index is 340. The van der Waals surface area contributed by atoms with Crippen LogP contribution in [-0.4, -0.2) is 24.5 Å². The molecule has 0 bridgehead atoms. The molecule has 0 saturated heterocycles. The second-order valence-corrected chi connectivity index (χ2v) is 7.71. The molecule has 19 heavy (non-hydrogen) atoms. The highest BCUT2D eigenvalue weighted by Gasteiger charge is 2.65. The number of rotatable bonds is 4. The molecule has 0 aromatic rings. The van der Waals surface area contributed by atoms with Crippen molar-refractivity contribution in [1.82, 2.24) is 10.6 Å². The van der Waals surface area contributed by atoms with E-state index in [1.165, 1.54) is 19.3 Å². The quantitative estimate of drug-likeness (QED) is 0.821. The highest BCUT2D eigenvalue weighted by atomic mass is 16.1. The average Bonchev–Trinajstić information content (AvgIpc) is 2.73. The molecule has 2 saturated carbocycles. The van der Waals surface area contributed by atoms with Gasteiger partial charge in [0.25, 0.3) is 0 Å². The van der Waals surface area contributed by atoms with Crippen molar-refractivity contribution >= 4 is 5.91 Å². The minimum atomic E-state index is 0.0471. The minimum Gasteiger partial charge on any atom is -0.352 e. The van der Waals surface area contributed by atoms with E-state index in [4.69, 9.17) is 0 Å². The Morgan fingerprint density at radius 1 is 1.05 bits per heavy atom. The highest BCUT2D eigenvalue weighted by molar-refractivity contribution is 5.78. The van der Waals surface area contributed by atoms with Gasteiger partial charge in [-0.05, 0) is 30.7 Å². The van der Waals surface area contributed by atoms with Gasteiger partial charge in [0.15, 0.2) is 0 Å². The van der Waals surface area contributed by atoms with Crippen LogP contribution in [0.1, 0.15) is 66.2 Å². The lowest BCUT2D eigenvalue weighted by atomic mass is 9.79. The van der Waals surface area contributed by atoms with Crippen LogP contribution in [0.5, 0.6) is 0 Å². The average molecular weight is 266 g/mol. The van der Waals surface area contributed by atoms with Gasteiger partial charge >= 0.3 is 0 Å². The minimum absolute atomic E-state index is 0.0471. The molecule has 3 nitrogen and oxygen atoms in total. The SMILES string of the molecule is CNC1(CC(=O)NC2C(C)(C)C2(C)C)CCCCC1. The summed E-state index contributed by atoms with van der Waals surface area (Å²) in [4.78, 5) is 12.4. The first-order valence-electron chi connectivity index (χ1n) is 7.73. The van der Waals surface area contributed by atoms with Crippen LogP contribution in [0.25, 0.3) is 0 Å². The molecule has 0 unspecified atom stereocenters. The molecule has 3 heteroatoms. The van der Waals surface area contributed by atoms with Crippen LogP contribution in [0, 0.1) is 10.8 Å². The summed E-state index contributed by atoms with van der Waals surface area (Å²) in [5, 5.41) is 6.68. The number of nitrogens with one attached hydrogen (secondary N) is 2. The monoisotopic (exact) mass is 266 g/mol. The van der Waals surface area contributed by atoms with Crippen molar-refractivity contribution in [2.75, 3.05) is 7.05 Å². The Hall–Kier alpha value is -0.570. The van der Waals surface area contributed by atoms with Crippen LogP contribution in [0.4, 0.5) is 0 Å². The normalized spacial score (nSPS) is 27.8. The van der Waals surface area contributed by atoms with E-state index in [2.05, 4.69) is 38.3 Å². The molecular formula is C16H30N2O. The summed E-state index contributed by atoms with van der Waals surface area (Å²) in [6.07, 6.45) is 6.70. The van der Waals surface area contributed by atoms with Gasteiger partial charge < -0.3 is 10.6 Å². The third-order valence-corrected chi connectivity index (χ3v) is 6.17. The number of hydrogen-bond donors (Lipinski definition) is 2. The van der Waals surface area contributed by atoms with Crippen molar-refractivity contribution in [3.63, 3.8) is 0 Å². The van der Waals surface area contributed by atoms with Crippen LogP contribution in [0.15, 0.2) is 0 Å². The molecule has 0 aromatic carbocycles. The molecule has 0 aromatic heterocycles. The van der Waals surface area contributed by atoms with Crippen molar-refractivity contribution in [2.45, 2.75) is 77.8 Å². The van der Waals surface area contributed by atoms with Crippen LogP contribution in [0.3, 0.4) is 0 Å². The summed E-state index contributed by atoms with van der Waals surface area (Å²) in [6, 6.07) is 0.324. The van der Waals surface area contributed by atoms with E-state index in [1.807, 2.05) is 7.05 Å². The maximum absolute atomic E-state index is 12.4. The van der Waals surface area contributed by atoms with Gasteiger partial charge in [0.2, 0.25) is 5.91 Å². The van der Waals surface area contributed by atoms with Crippen molar-refractivity contribution in [1.29, 1.82) is 0 Å². The smallest absolute Gasteiger partial charge is 0.222 e. The van der Waals surface area contributed by atoms with Crippen molar-refractivity contribution in [3.8, 4) is 0 Å². The summed E-state index contributed by atoms with van der Waals surface area (Å²) in [7, 11) is 2.00. The first-order valence-corrected chi connectivity index (χ1v) is 7.73.